The van der Waals surface area contributed by atoms with Crippen LogP contribution in [0, 0.1) is 0 Å². The third-order valence-corrected chi connectivity index (χ3v) is 5.76. The van der Waals surface area contributed by atoms with Crippen LogP contribution < -0.4 is 29.0 Å². The molecule has 1 aliphatic heterocycles. The Morgan fingerprint density at radius 1 is 0.861 bits per heavy atom. The summed E-state index contributed by atoms with van der Waals surface area (Å²) in [5, 5.41) is 2.77. The predicted octanol–water partition coefficient (Wildman–Crippen LogP) is 2.53. The van der Waals surface area contributed by atoms with Crippen LogP contribution in [0.15, 0.2) is 36.4 Å². The minimum atomic E-state index is -0.394. The van der Waals surface area contributed by atoms with Crippen LogP contribution in [0.5, 0.6) is 28.7 Å². The molecule has 10 heteroatoms. The van der Waals surface area contributed by atoms with Crippen molar-refractivity contribution in [2.24, 2.45) is 0 Å². The zero-order chi connectivity index (χ0) is 26.1. The second-order valence-corrected chi connectivity index (χ2v) is 8.19. The first-order valence-electron chi connectivity index (χ1n) is 11.5. The molecule has 1 aliphatic rings. The molecule has 0 aromatic heterocycles. The summed E-state index contributed by atoms with van der Waals surface area (Å²) in [5.74, 6) is 1.40. The van der Waals surface area contributed by atoms with E-state index in [0.29, 0.717) is 34.2 Å². The van der Waals surface area contributed by atoms with E-state index >= 15 is 0 Å². The lowest BCUT2D eigenvalue weighted by molar-refractivity contribution is -0.136. The molecule has 1 fully saturated rings. The van der Waals surface area contributed by atoms with Crippen molar-refractivity contribution in [1.82, 2.24) is 9.80 Å². The molecule has 2 aromatic rings. The molecule has 3 rings (SSSR count). The fourth-order valence-electron chi connectivity index (χ4n) is 3.72. The van der Waals surface area contributed by atoms with Crippen LogP contribution in [0.25, 0.3) is 6.08 Å². The first-order chi connectivity index (χ1) is 17.4. The SMILES string of the molecule is COc1cc(OC)c(/C=C/C(=O)Nc2ccc(OC)c(OC(=O)CN3CCN(C)CC3)c2)c(OC)c1. The standard InChI is InChI=1S/C26H33N3O7/c1-28-10-12-29(13-11-28)17-26(31)36-24-14-18(6-8-21(24)33-3)27-25(30)9-7-20-22(34-4)15-19(32-2)16-23(20)35-5/h6-9,14-16H,10-13,17H2,1-5H3,(H,27,30)/b9-7+. The molecule has 1 heterocycles. The quantitative estimate of drug-likeness (QED) is 0.300. The predicted molar refractivity (Wildman–Crippen MR) is 136 cm³/mol. The van der Waals surface area contributed by atoms with Gasteiger partial charge >= 0.3 is 5.97 Å². The summed E-state index contributed by atoms with van der Waals surface area (Å²) in [6, 6.07) is 8.25. The number of amides is 1. The van der Waals surface area contributed by atoms with Crippen LogP contribution in [-0.4, -0.2) is 89.9 Å². The number of benzene rings is 2. The average molecular weight is 500 g/mol. The fraction of sp³-hybridized carbons (Fsp3) is 0.385. The molecule has 0 unspecified atom stereocenters. The number of nitrogens with one attached hydrogen (secondary N) is 1. The van der Waals surface area contributed by atoms with E-state index in [4.69, 9.17) is 23.7 Å². The van der Waals surface area contributed by atoms with Crippen molar-refractivity contribution in [3.63, 3.8) is 0 Å². The zero-order valence-electron chi connectivity index (χ0n) is 21.3. The number of hydrogen-bond donors (Lipinski definition) is 1. The van der Waals surface area contributed by atoms with Crippen LogP contribution in [-0.2, 0) is 9.59 Å². The highest BCUT2D eigenvalue weighted by atomic mass is 16.6. The molecule has 0 radical (unpaired) electrons. The van der Waals surface area contributed by atoms with Gasteiger partial charge in [-0.2, -0.15) is 0 Å². The number of nitrogens with zero attached hydrogens (tertiary/aromatic N) is 2. The van der Waals surface area contributed by atoms with Gasteiger partial charge in [0.2, 0.25) is 5.91 Å². The van der Waals surface area contributed by atoms with Gasteiger partial charge in [0, 0.05) is 56.1 Å². The molecule has 36 heavy (non-hydrogen) atoms. The lowest BCUT2D eigenvalue weighted by atomic mass is 10.1. The van der Waals surface area contributed by atoms with Crippen LogP contribution >= 0.6 is 0 Å². The topological polar surface area (TPSA) is 98.8 Å². The van der Waals surface area contributed by atoms with E-state index in [1.54, 1.807) is 43.5 Å². The molecule has 0 spiro atoms. The third-order valence-electron chi connectivity index (χ3n) is 5.76. The Hall–Kier alpha value is -3.76. The Kier molecular flexibility index (Phi) is 9.54. The van der Waals surface area contributed by atoms with Gasteiger partial charge in [-0.1, -0.05) is 0 Å². The number of likely N-dealkylation sites (N-methyl/N-ethyl adjacent to an activating group) is 1. The average Bonchev–Trinajstić information content (AvgIpc) is 2.88. The van der Waals surface area contributed by atoms with E-state index in [1.807, 2.05) is 4.90 Å². The van der Waals surface area contributed by atoms with E-state index in [2.05, 4.69) is 17.3 Å². The summed E-state index contributed by atoms with van der Waals surface area (Å²) in [7, 11) is 8.14. The normalized spacial score (nSPS) is 14.4. The molecule has 10 nitrogen and oxygen atoms in total. The summed E-state index contributed by atoms with van der Waals surface area (Å²) in [5.41, 5.74) is 1.03. The molecule has 194 valence electrons. The molecule has 2 aromatic carbocycles. The highest BCUT2D eigenvalue weighted by Crippen LogP contribution is 2.35. The maximum atomic E-state index is 12.6. The van der Waals surface area contributed by atoms with E-state index < -0.39 is 5.91 Å². The second-order valence-electron chi connectivity index (χ2n) is 8.19. The number of carbonyl (C=O) groups excluding carboxylic acids is 2. The van der Waals surface area contributed by atoms with Crippen molar-refractivity contribution in [1.29, 1.82) is 0 Å². The number of methoxy groups -OCH3 is 4. The largest absolute Gasteiger partial charge is 0.496 e. The van der Waals surface area contributed by atoms with E-state index in [-0.39, 0.29) is 18.3 Å². The summed E-state index contributed by atoms with van der Waals surface area (Å²) in [4.78, 5) is 29.4. The number of anilines is 1. The minimum Gasteiger partial charge on any atom is -0.496 e. The summed E-state index contributed by atoms with van der Waals surface area (Å²) in [6.45, 7) is 3.59. The summed E-state index contributed by atoms with van der Waals surface area (Å²) >= 11 is 0. The second kappa shape index (κ2) is 12.8. The fourth-order valence-corrected chi connectivity index (χ4v) is 3.72. The smallest absolute Gasteiger partial charge is 0.325 e. The van der Waals surface area contributed by atoms with Gasteiger partial charge in [-0.15, -0.1) is 0 Å². The van der Waals surface area contributed by atoms with E-state index in [9.17, 15) is 9.59 Å². The molecule has 1 N–H and O–H groups in total. The molecular weight excluding hydrogens is 466 g/mol. The maximum Gasteiger partial charge on any atom is 0.325 e. The number of piperazine rings is 1. The van der Waals surface area contributed by atoms with Gasteiger partial charge in [0.1, 0.15) is 17.2 Å². The van der Waals surface area contributed by atoms with Gasteiger partial charge in [-0.25, -0.2) is 0 Å². The van der Waals surface area contributed by atoms with Gasteiger partial charge in [-0.3, -0.25) is 14.5 Å². The van der Waals surface area contributed by atoms with Crippen molar-refractivity contribution in [2.45, 2.75) is 0 Å². The Balaban J connectivity index is 1.69. The number of ether oxygens (including phenoxy) is 5. The Bertz CT molecular complexity index is 1070. The first-order valence-corrected chi connectivity index (χ1v) is 11.5. The highest BCUT2D eigenvalue weighted by molar-refractivity contribution is 6.02. The molecular formula is C26H33N3O7. The lowest BCUT2D eigenvalue weighted by Gasteiger charge is -2.31. The molecule has 0 atom stereocenters. The Morgan fingerprint density at radius 3 is 2.08 bits per heavy atom. The van der Waals surface area contributed by atoms with Crippen LogP contribution in [0.3, 0.4) is 0 Å². The van der Waals surface area contributed by atoms with Crippen LogP contribution in [0.1, 0.15) is 5.56 Å². The van der Waals surface area contributed by atoms with Crippen molar-refractivity contribution in [3.8, 4) is 28.7 Å². The van der Waals surface area contributed by atoms with Crippen molar-refractivity contribution < 1.29 is 33.3 Å². The number of hydrogen-bond acceptors (Lipinski definition) is 9. The number of carbonyl (C=O) groups is 2. The van der Waals surface area contributed by atoms with Crippen LogP contribution in [0.4, 0.5) is 5.69 Å². The van der Waals surface area contributed by atoms with Crippen molar-refractivity contribution >= 4 is 23.6 Å². The molecule has 0 saturated carbocycles. The van der Waals surface area contributed by atoms with Gasteiger partial charge in [-0.05, 0) is 25.3 Å². The molecule has 0 aliphatic carbocycles. The van der Waals surface area contributed by atoms with Crippen molar-refractivity contribution in [3.05, 3.63) is 42.0 Å². The maximum absolute atomic E-state index is 12.6. The first kappa shape index (κ1) is 26.8. The Morgan fingerprint density at radius 2 is 1.50 bits per heavy atom. The monoisotopic (exact) mass is 499 g/mol. The number of esters is 1. The van der Waals surface area contributed by atoms with Gasteiger partial charge < -0.3 is 33.9 Å². The van der Waals surface area contributed by atoms with Gasteiger partial charge in [0.15, 0.2) is 11.5 Å². The van der Waals surface area contributed by atoms with Gasteiger partial charge in [0.05, 0.1) is 40.5 Å². The lowest BCUT2D eigenvalue weighted by Crippen LogP contribution is -2.46. The van der Waals surface area contributed by atoms with Gasteiger partial charge in [0.25, 0.3) is 0 Å². The van der Waals surface area contributed by atoms with Crippen LogP contribution in [0.2, 0.25) is 0 Å². The third kappa shape index (κ3) is 7.12. The minimum absolute atomic E-state index is 0.182. The molecule has 0 bridgehead atoms. The number of rotatable bonds is 10. The zero-order valence-corrected chi connectivity index (χ0v) is 21.3. The van der Waals surface area contributed by atoms with Crippen molar-refractivity contribution in [2.75, 3.05) is 73.5 Å². The van der Waals surface area contributed by atoms with E-state index in [0.717, 1.165) is 26.2 Å². The molecule has 1 saturated heterocycles. The Labute approximate surface area is 211 Å². The summed E-state index contributed by atoms with van der Waals surface area (Å²) in [6.07, 6.45) is 2.95. The highest BCUT2D eigenvalue weighted by Gasteiger charge is 2.19. The molecule has 1 amide bonds. The summed E-state index contributed by atoms with van der Waals surface area (Å²) < 4.78 is 27.0. The van der Waals surface area contributed by atoms with E-state index in [1.165, 1.54) is 27.4 Å².